The molecule has 0 aliphatic rings. The molecule has 14 heavy (non-hydrogen) atoms. The van der Waals surface area contributed by atoms with E-state index >= 15 is 0 Å². The number of nitriles is 1. The predicted molar refractivity (Wildman–Crippen MR) is 50.3 cm³/mol. The van der Waals surface area contributed by atoms with Crippen molar-refractivity contribution in [3.63, 3.8) is 0 Å². The minimum atomic E-state index is -0.709. The van der Waals surface area contributed by atoms with Crippen molar-refractivity contribution in [3.8, 4) is 11.8 Å². The van der Waals surface area contributed by atoms with E-state index in [1.165, 1.54) is 19.1 Å². The Bertz CT molecular complexity index is 382. The first-order chi connectivity index (χ1) is 6.63. The van der Waals surface area contributed by atoms with Gasteiger partial charge in [-0.2, -0.15) is 5.26 Å². The van der Waals surface area contributed by atoms with Crippen LogP contribution in [0.15, 0.2) is 24.3 Å². The highest BCUT2D eigenvalue weighted by atomic mass is 16.3. The summed E-state index contributed by atoms with van der Waals surface area (Å²) in [5.74, 6) is -0.201. The number of carbonyl (C=O) groups excluding carboxylic acids is 1. The second-order valence-electron chi connectivity index (χ2n) is 2.86. The molecule has 0 aromatic heterocycles. The number of amides is 1. The lowest BCUT2D eigenvalue weighted by Gasteiger charge is -2.09. The molecule has 0 radical (unpaired) electrons. The van der Waals surface area contributed by atoms with Crippen LogP contribution in [0.25, 0.3) is 0 Å². The molecule has 72 valence electrons. The summed E-state index contributed by atoms with van der Waals surface area (Å²) in [5.41, 5.74) is 0.572. The van der Waals surface area contributed by atoms with Crippen molar-refractivity contribution in [1.82, 2.24) is 5.32 Å². The van der Waals surface area contributed by atoms with Crippen molar-refractivity contribution in [1.29, 1.82) is 5.26 Å². The zero-order valence-corrected chi connectivity index (χ0v) is 7.69. The quantitative estimate of drug-likeness (QED) is 0.733. The number of nitrogens with zero attached hydrogens (tertiary/aromatic N) is 1. The maximum absolute atomic E-state index is 10.7. The van der Waals surface area contributed by atoms with Gasteiger partial charge in [-0.3, -0.25) is 4.79 Å². The Morgan fingerprint density at radius 3 is 2.86 bits per heavy atom. The monoisotopic (exact) mass is 190 g/mol. The molecular formula is C10H10N2O2. The van der Waals surface area contributed by atoms with Crippen molar-refractivity contribution in [2.75, 3.05) is 0 Å². The Labute approximate surface area is 81.8 Å². The van der Waals surface area contributed by atoms with Crippen LogP contribution in [-0.4, -0.2) is 11.0 Å². The summed E-state index contributed by atoms with van der Waals surface area (Å²) in [6.45, 7) is 1.34. The SMILES string of the molecule is CC(=O)NC(C#N)c1cccc(O)c1. The molecule has 0 aliphatic carbocycles. The van der Waals surface area contributed by atoms with E-state index in [4.69, 9.17) is 10.4 Å². The summed E-state index contributed by atoms with van der Waals surface area (Å²) in [6, 6.07) is 7.47. The van der Waals surface area contributed by atoms with E-state index < -0.39 is 6.04 Å². The van der Waals surface area contributed by atoms with E-state index in [0.717, 1.165) is 0 Å². The largest absolute Gasteiger partial charge is 0.508 e. The molecule has 4 nitrogen and oxygen atoms in total. The number of carbonyl (C=O) groups is 1. The van der Waals surface area contributed by atoms with Gasteiger partial charge in [0.05, 0.1) is 6.07 Å². The highest BCUT2D eigenvalue weighted by Crippen LogP contribution is 2.17. The molecule has 1 atom stereocenters. The molecule has 0 saturated heterocycles. The van der Waals surface area contributed by atoms with E-state index in [-0.39, 0.29) is 11.7 Å². The van der Waals surface area contributed by atoms with Crippen LogP contribution in [-0.2, 0) is 4.79 Å². The fourth-order valence-corrected chi connectivity index (χ4v) is 1.10. The number of nitrogens with one attached hydrogen (secondary N) is 1. The highest BCUT2D eigenvalue weighted by molar-refractivity contribution is 5.73. The summed E-state index contributed by atoms with van der Waals surface area (Å²) in [5, 5.41) is 20.4. The fraction of sp³-hybridized carbons (Fsp3) is 0.200. The van der Waals surface area contributed by atoms with E-state index in [1.807, 2.05) is 6.07 Å². The van der Waals surface area contributed by atoms with Crippen molar-refractivity contribution in [2.24, 2.45) is 0 Å². The lowest BCUT2D eigenvalue weighted by molar-refractivity contribution is -0.119. The topological polar surface area (TPSA) is 73.1 Å². The zero-order valence-electron chi connectivity index (χ0n) is 7.69. The number of aromatic hydroxyl groups is 1. The van der Waals surface area contributed by atoms with Crippen LogP contribution in [0.2, 0.25) is 0 Å². The Morgan fingerprint density at radius 1 is 1.64 bits per heavy atom. The lowest BCUT2D eigenvalue weighted by atomic mass is 10.1. The van der Waals surface area contributed by atoms with Crippen LogP contribution in [0.5, 0.6) is 5.75 Å². The minimum Gasteiger partial charge on any atom is -0.508 e. The Hall–Kier alpha value is -2.02. The first-order valence-corrected chi connectivity index (χ1v) is 4.09. The van der Waals surface area contributed by atoms with Gasteiger partial charge in [0.15, 0.2) is 0 Å². The van der Waals surface area contributed by atoms with Gasteiger partial charge in [0.25, 0.3) is 0 Å². The molecule has 0 saturated carbocycles. The van der Waals surface area contributed by atoms with Crippen LogP contribution < -0.4 is 5.32 Å². The van der Waals surface area contributed by atoms with Crippen LogP contribution in [0.3, 0.4) is 0 Å². The number of hydrogen-bond acceptors (Lipinski definition) is 3. The van der Waals surface area contributed by atoms with Gasteiger partial charge in [0.1, 0.15) is 11.8 Å². The van der Waals surface area contributed by atoms with Crippen LogP contribution >= 0.6 is 0 Å². The number of benzene rings is 1. The number of phenolic OH excluding ortho intramolecular Hbond substituents is 1. The summed E-state index contributed by atoms with van der Waals surface area (Å²) < 4.78 is 0. The van der Waals surface area contributed by atoms with Gasteiger partial charge < -0.3 is 10.4 Å². The van der Waals surface area contributed by atoms with Crippen molar-refractivity contribution < 1.29 is 9.90 Å². The standard InChI is InChI=1S/C10H10N2O2/c1-7(13)12-10(6-11)8-3-2-4-9(14)5-8/h2-5,10,14H,1H3,(H,12,13). The van der Waals surface area contributed by atoms with E-state index in [0.29, 0.717) is 5.56 Å². The highest BCUT2D eigenvalue weighted by Gasteiger charge is 2.11. The molecule has 0 aliphatic heterocycles. The van der Waals surface area contributed by atoms with E-state index in [2.05, 4.69) is 5.32 Å². The molecule has 1 rings (SSSR count). The van der Waals surface area contributed by atoms with Gasteiger partial charge in [-0.05, 0) is 17.7 Å². The van der Waals surface area contributed by atoms with Crippen LogP contribution in [0.1, 0.15) is 18.5 Å². The molecule has 0 fully saturated rings. The summed E-state index contributed by atoms with van der Waals surface area (Å²) >= 11 is 0. The first-order valence-electron chi connectivity index (χ1n) is 4.09. The van der Waals surface area contributed by atoms with Gasteiger partial charge in [-0.15, -0.1) is 0 Å². The molecule has 2 N–H and O–H groups in total. The lowest BCUT2D eigenvalue weighted by Crippen LogP contribution is -2.24. The van der Waals surface area contributed by atoms with Crippen molar-refractivity contribution in [3.05, 3.63) is 29.8 Å². The molecule has 1 unspecified atom stereocenters. The molecule has 1 amide bonds. The van der Waals surface area contributed by atoms with Crippen molar-refractivity contribution in [2.45, 2.75) is 13.0 Å². The minimum absolute atomic E-state index is 0.0769. The Balaban J connectivity index is 2.90. The van der Waals surface area contributed by atoms with E-state index in [1.54, 1.807) is 12.1 Å². The zero-order chi connectivity index (χ0) is 10.6. The number of rotatable bonds is 2. The maximum Gasteiger partial charge on any atom is 0.218 e. The third-order valence-electron chi connectivity index (χ3n) is 1.68. The maximum atomic E-state index is 10.7. The third-order valence-corrected chi connectivity index (χ3v) is 1.68. The van der Waals surface area contributed by atoms with Crippen molar-refractivity contribution >= 4 is 5.91 Å². The summed E-state index contributed by atoms with van der Waals surface area (Å²) in [7, 11) is 0. The molecule has 4 heteroatoms. The first kappa shape index (κ1) is 10.1. The summed E-state index contributed by atoms with van der Waals surface area (Å²) in [4.78, 5) is 10.7. The molecule has 1 aromatic rings. The van der Waals surface area contributed by atoms with Gasteiger partial charge >= 0.3 is 0 Å². The van der Waals surface area contributed by atoms with Gasteiger partial charge in [0, 0.05) is 6.92 Å². The number of phenols is 1. The van der Waals surface area contributed by atoms with Gasteiger partial charge in [-0.1, -0.05) is 12.1 Å². The molecule has 1 aromatic carbocycles. The number of hydrogen-bond donors (Lipinski definition) is 2. The van der Waals surface area contributed by atoms with Crippen LogP contribution in [0, 0.1) is 11.3 Å². The van der Waals surface area contributed by atoms with Gasteiger partial charge in [0.2, 0.25) is 5.91 Å². The molecule has 0 bridgehead atoms. The molecule has 0 spiro atoms. The molecule has 0 heterocycles. The smallest absolute Gasteiger partial charge is 0.218 e. The molecular weight excluding hydrogens is 180 g/mol. The van der Waals surface area contributed by atoms with Gasteiger partial charge in [-0.25, -0.2) is 0 Å². The second-order valence-corrected chi connectivity index (χ2v) is 2.86. The normalized spacial score (nSPS) is 11.4. The predicted octanol–water partition coefficient (Wildman–Crippen LogP) is 1.09. The Kier molecular flexibility index (Phi) is 3.08. The summed E-state index contributed by atoms with van der Waals surface area (Å²) in [6.07, 6.45) is 0. The Morgan fingerprint density at radius 2 is 2.36 bits per heavy atom. The van der Waals surface area contributed by atoms with Crippen LogP contribution in [0.4, 0.5) is 0 Å². The average Bonchev–Trinajstić information content (AvgIpc) is 2.14. The second kappa shape index (κ2) is 4.28. The third kappa shape index (κ3) is 2.49. The van der Waals surface area contributed by atoms with E-state index in [9.17, 15) is 4.79 Å². The fourth-order valence-electron chi connectivity index (χ4n) is 1.10. The average molecular weight is 190 g/mol.